The van der Waals surface area contributed by atoms with Crippen LogP contribution in [0.1, 0.15) is 26.3 Å². The zero-order valence-corrected chi connectivity index (χ0v) is 14.4. The van der Waals surface area contributed by atoms with E-state index in [0.717, 1.165) is 18.7 Å². The average molecular weight is 321 g/mol. The summed E-state index contributed by atoms with van der Waals surface area (Å²) in [5.41, 5.74) is 0.966. The molecule has 120 valence electrons. The number of ketones is 1. The fourth-order valence-electron chi connectivity index (χ4n) is 1.93. The third-order valence-corrected chi connectivity index (χ3v) is 5.22. The van der Waals surface area contributed by atoms with E-state index >= 15 is 0 Å². The molecule has 1 rings (SSSR count). The Balaban J connectivity index is 3.19. The number of hydrogen-bond acceptors (Lipinski definition) is 4. The van der Waals surface area contributed by atoms with Gasteiger partial charge in [0, 0.05) is 13.1 Å². The van der Waals surface area contributed by atoms with E-state index in [1.165, 1.54) is 25.1 Å². The number of allylic oxidation sites excluding steroid dienone is 3. The fourth-order valence-corrected chi connectivity index (χ4v) is 3.31. The maximum atomic E-state index is 12.6. The SMILES string of the molecule is CCN(C=CC=C(C(C)=O)S(=O)(=O)c1ccc(C)cc1)CC. The molecule has 0 radical (unpaired) electrons. The maximum absolute atomic E-state index is 12.6. The second-order valence-corrected chi connectivity index (χ2v) is 6.88. The molecule has 0 spiro atoms. The molecular formula is C17H23NO3S. The predicted octanol–water partition coefficient (Wildman–Crippen LogP) is 3.10. The van der Waals surface area contributed by atoms with E-state index < -0.39 is 15.6 Å². The van der Waals surface area contributed by atoms with Crippen molar-refractivity contribution in [2.45, 2.75) is 32.6 Å². The Kier molecular flexibility index (Phi) is 6.56. The van der Waals surface area contributed by atoms with Crippen LogP contribution >= 0.6 is 0 Å². The molecule has 0 aliphatic heterocycles. The first-order chi connectivity index (χ1) is 10.3. The second kappa shape index (κ2) is 7.94. The lowest BCUT2D eigenvalue weighted by atomic mass is 10.2. The minimum absolute atomic E-state index is 0.135. The van der Waals surface area contributed by atoms with Gasteiger partial charge in [0.25, 0.3) is 0 Å². The molecule has 0 bridgehead atoms. The molecule has 0 heterocycles. The van der Waals surface area contributed by atoms with E-state index in [2.05, 4.69) is 0 Å². The summed E-state index contributed by atoms with van der Waals surface area (Å²) in [5, 5.41) is 0. The van der Waals surface area contributed by atoms with E-state index in [4.69, 9.17) is 0 Å². The summed E-state index contributed by atoms with van der Waals surface area (Å²) in [7, 11) is -3.79. The lowest BCUT2D eigenvalue weighted by Crippen LogP contribution is -2.15. The third kappa shape index (κ3) is 4.56. The summed E-state index contributed by atoms with van der Waals surface area (Å²) in [5.74, 6) is -0.468. The average Bonchev–Trinajstić information content (AvgIpc) is 2.47. The van der Waals surface area contributed by atoms with Gasteiger partial charge in [-0.25, -0.2) is 8.42 Å². The number of nitrogens with zero attached hydrogens (tertiary/aromatic N) is 1. The van der Waals surface area contributed by atoms with Crippen molar-refractivity contribution in [1.82, 2.24) is 4.90 Å². The summed E-state index contributed by atoms with van der Waals surface area (Å²) in [6.07, 6.45) is 4.76. The Labute approximate surface area is 133 Å². The standard InChI is InChI=1S/C17H23NO3S/c1-5-18(6-2)13-7-8-17(15(4)19)22(20,21)16-11-9-14(3)10-12-16/h7-13H,5-6H2,1-4H3. The Morgan fingerprint density at radius 3 is 2.14 bits per heavy atom. The Morgan fingerprint density at radius 2 is 1.68 bits per heavy atom. The largest absolute Gasteiger partial charge is 0.378 e. The van der Waals surface area contributed by atoms with Crippen molar-refractivity contribution in [2.75, 3.05) is 13.1 Å². The lowest BCUT2D eigenvalue weighted by molar-refractivity contribution is -0.113. The van der Waals surface area contributed by atoms with Crippen molar-refractivity contribution in [2.24, 2.45) is 0 Å². The summed E-state index contributed by atoms with van der Waals surface area (Å²) in [6, 6.07) is 6.48. The van der Waals surface area contributed by atoms with E-state index in [9.17, 15) is 13.2 Å². The molecule has 0 aromatic heterocycles. The van der Waals surface area contributed by atoms with Crippen LogP contribution in [0.2, 0.25) is 0 Å². The first-order valence-corrected chi connectivity index (χ1v) is 8.76. The van der Waals surface area contributed by atoms with Crippen LogP contribution in [0.3, 0.4) is 0 Å². The smallest absolute Gasteiger partial charge is 0.210 e. The van der Waals surface area contributed by atoms with Crippen LogP contribution in [0.5, 0.6) is 0 Å². The van der Waals surface area contributed by atoms with Gasteiger partial charge in [-0.15, -0.1) is 0 Å². The zero-order valence-electron chi connectivity index (χ0n) is 13.5. The molecule has 1 aromatic rings. The molecule has 0 saturated heterocycles. The number of hydrogen-bond donors (Lipinski definition) is 0. The van der Waals surface area contributed by atoms with Crippen molar-refractivity contribution < 1.29 is 13.2 Å². The molecule has 5 heteroatoms. The van der Waals surface area contributed by atoms with Gasteiger partial charge >= 0.3 is 0 Å². The maximum Gasteiger partial charge on any atom is 0.210 e. The topological polar surface area (TPSA) is 54.5 Å². The summed E-state index contributed by atoms with van der Waals surface area (Å²) in [6.45, 7) is 8.80. The van der Waals surface area contributed by atoms with Crippen LogP contribution in [0.25, 0.3) is 0 Å². The highest BCUT2D eigenvalue weighted by Crippen LogP contribution is 2.20. The summed E-state index contributed by atoms with van der Waals surface area (Å²) in [4.78, 5) is 13.7. The molecule has 1 aromatic carbocycles. The second-order valence-electron chi connectivity index (χ2n) is 4.97. The van der Waals surface area contributed by atoms with Crippen LogP contribution in [-0.2, 0) is 14.6 Å². The van der Waals surface area contributed by atoms with Gasteiger partial charge in [0.1, 0.15) is 4.91 Å². The highest BCUT2D eigenvalue weighted by Gasteiger charge is 2.23. The number of benzene rings is 1. The quantitative estimate of drug-likeness (QED) is 0.572. The molecular weight excluding hydrogens is 298 g/mol. The molecule has 0 unspecified atom stereocenters. The highest BCUT2D eigenvalue weighted by atomic mass is 32.2. The van der Waals surface area contributed by atoms with Crippen molar-refractivity contribution in [3.63, 3.8) is 0 Å². The van der Waals surface area contributed by atoms with Gasteiger partial charge in [-0.3, -0.25) is 4.79 Å². The number of carbonyl (C=O) groups is 1. The van der Waals surface area contributed by atoms with E-state index in [-0.39, 0.29) is 9.80 Å². The van der Waals surface area contributed by atoms with Gasteiger partial charge in [0.2, 0.25) is 9.84 Å². The normalized spacial score (nSPS) is 12.6. The molecule has 0 atom stereocenters. The first kappa shape index (κ1) is 18.2. The molecule has 0 aliphatic carbocycles. The Hall–Kier alpha value is -1.88. The number of sulfone groups is 1. The Bertz CT molecular complexity index is 666. The molecule has 0 fully saturated rings. The molecule has 0 N–H and O–H groups in total. The van der Waals surface area contributed by atoms with Crippen molar-refractivity contribution in [3.05, 3.63) is 53.1 Å². The van der Waals surface area contributed by atoms with Gasteiger partial charge < -0.3 is 4.90 Å². The number of rotatable bonds is 7. The number of Topliss-reactive ketones (excluding diaryl/α,β-unsaturated/α-hetero) is 1. The van der Waals surface area contributed by atoms with Crippen LogP contribution < -0.4 is 0 Å². The minimum Gasteiger partial charge on any atom is -0.378 e. The van der Waals surface area contributed by atoms with E-state index in [1.807, 2.05) is 25.7 Å². The third-order valence-electron chi connectivity index (χ3n) is 3.32. The Morgan fingerprint density at radius 1 is 1.14 bits per heavy atom. The minimum atomic E-state index is -3.79. The summed E-state index contributed by atoms with van der Waals surface area (Å²) < 4.78 is 25.1. The van der Waals surface area contributed by atoms with Crippen molar-refractivity contribution >= 4 is 15.6 Å². The van der Waals surface area contributed by atoms with Crippen LogP contribution in [0.4, 0.5) is 0 Å². The predicted molar refractivity (Wildman–Crippen MR) is 89.2 cm³/mol. The number of aryl methyl sites for hydroxylation is 1. The van der Waals surface area contributed by atoms with Crippen molar-refractivity contribution in [1.29, 1.82) is 0 Å². The highest BCUT2D eigenvalue weighted by molar-refractivity contribution is 7.96. The summed E-state index contributed by atoms with van der Waals surface area (Å²) >= 11 is 0. The van der Waals surface area contributed by atoms with Gasteiger partial charge in [-0.05, 0) is 58.2 Å². The number of carbonyl (C=O) groups excluding carboxylic acids is 1. The molecule has 4 nitrogen and oxygen atoms in total. The molecule has 0 aliphatic rings. The van der Waals surface area contributed by atoms with Crippen LogP contribution in [0.15, 0.2) is 52.4 Å². The molecule has 0 amide bonds. The first-order valence-electron chi connectivity index (χ1n) is 7.28. The zero-order chi connectivity index (χ0) is 16.8. The van der Waals surface area contributed by atoms with Crippen LogP contribution in [0, 0.1) is 6.92 Å². The van der Waals surface area contributed by atoms with Crippen LogP contribution in [-0.4, -0.2) is 32.2 Å². The van der Waals surface area contributed by atoms with Gasteiger partial charge in [0.05, 0.1) is 4.90 Å². The fraction of sp³-hybridized carbons (Fsp3) is 0.353. The van der Waals surface area contributed by atoms with E-state index in [0.29, 0.717) is 0 Å². The van der Waals surface area contributed by atoms with Gasteiger partial charge in [-0.1, -0.05) is 17.7 Å². The van der Waals surface area contributed by atoms with Crippen molar-refractivity contribution in [3.8, 4) is 0 Å². The molecule has 22 heavy (non-hydrogen) atoms. The molecule has 0 saturated carbocycles. The van der Waals surface area contributed by atoms with Gasteiger partial charge in [0.15, 0.2) is 5.78 Å². The van der Waals surface area contributed by atoms with Gasteiger partial charge in [-0.2, -0.15) is 0 Å². The van der Waals surface area contributed by atoms with E-state index in [1.54, 1.807) is 24.4 Å². The monoisotopic (exact) mass is 321 g/mol. The lowest BCUT2D eigenvalue weighted by Gasteiger charge is -2.14.